The van der Waals surface area contributed by atoms with Crippen LogP contribution in [0.25, 0.3) is 0 Å². The molecule has 0 aliphatic rings. The highest BCUT2D eigenvalue weighted by Gasteiger charge is 2.25. The van der Waals surface area contributed by atoms with Crippen LogP contribution in [-0.4, -0.2) is 35.0 Å². The molecule has 0 radical (unpaired) electrons. The summed E-state index contributed by atoms with van der Waals surface area (Å²) in [5.74, 6) is -2.39. The van der Waals surface area contributed by atoms with Gasteiger partial charge in [0, 0.05) is 18.0 Å². The van der Waals surface area contributed by atoms with Crippen LogP contribution in [0.1, 0.15) is 44.0 Å². The van der Waals surface area contributed by atoms with Gasteiger partial charge in [-0.3, -0.25) is 14.4 Å². The summed E-state index contributed by atoms with van der Waals surface area (Å²) in [5, 5.41) is 14.0. The van der Waals surface area contributed by atoms with Crippen molar-refractivity contribution >= 4 is 17.8 Å². The van der Waals surface area contributed by atoms with Crippen LogP contribution in [0.5, 0.6) is 0 Å². The third-order valence-electron chi connectivity index (χ3n) is 3.52. The molecule has 0 aromatic heterocycles. The highest BCUT2D eigenvalue weighted by molar-refractivity contribution is 5.97. The second-order valence-corrected chi connectivity index (χ2v) is 6.04. The van der Waals surface area contributed by atoms with Crippen molar-refractivity contribution in [2.75, 3.05) is 0 Å². The van der Waals surface area contributed by atoms with E-state index in [0.717, 1.165) is 0 Å². The highest BCUT2D eigenvalue weighted by Crippen LogP contribution is 2.08. The molecule has 132 valence electrons. The summed E-state index contributed by atoms with van der Waals surface area (Å²) in [5.41, 5.74) is 0.258. The van der Waals surface area contributed by atoms with Gasteiger partial charge in [0.2, 0.25) is 5.91 Å². The number of benzene rings is 1. The molecule has 1 aromatic rings. The van der Waals surface area contributed by atoms with Gasteiger partial charge >= 0.3 is 5.97 Å². The van der Waals surface area contributed by atoms with Gasteiger partial charge in [-0.2, -0.15) is 0 Å². The molecule has 2 atom stereocenters. The average molecular weight is 338 g/mol. The molecule has 7 heteroatoms. The van der Waals surface area contributed by atoms with E-state index in [1.165, 1.54) is 24.3 Å². The van der Waals surface area contributed by atoms with Gasteiger partial charge in [-0.05, 0) is 43.5 Å². The molecule has 0 aliphatic heterocycles. The van der Waals surface area contributed by atoms with Crippen molar-refractivity contribution in [1.82, 2.24) is 10.6 Å². The number of hydrogen-bond acceptors (Lipinski definition) is 3. The monoisotopic (exact) mass is 338 g/mol. The topological polar surface area (TPSA) is 95.5 Å². The van der Waals surface area contributed by atoms with Gasteiger partial charge in [-0.25, -0.2) is 4.39 Å². The molecule has 2 unspecified atom stereocenters. The lowest BCUT2D eigenvalue weighted by molar-refractivity contribution is -0.137. The summed E-state index contributed by atoms with van der Waals surface area (Å²) in [4.78, 5) is 35.1. The molecule has 1 rings (SSSR count). The van der Waals surface area contributed by atoms with Crippen LogP contribution in [0, 0.1) is 11.7 Å². The van der Waals surface area contributed by atoms with Gasteiger partial charge in [0.15, 0.2) is 0 Å². The lowest BCUT2D eigenvalue weighted by Crippen LogP contribution is -2.51. The van der Waals surface area contributed by atoms with Crippen molar-refractivity contribution in [2.45, 2.75) is 45.7 Å². The van der Waals surface area contributed by atoms with Gasteiger partial charge in [0.05, 0.1) is 0 Å². The zero-order valence-corrected chi connectivity index (χ0v) is 14.0. The van der Waals surface area contributed by atoms with Gasteiger partial charge < -0.3 is 15.7 Å². The molecule has 0 saturated heterocycles. The first-order chi connectivity index (χ1) is 11.2. The van der Waals surface area contributed by atoms with Crippen molar-refractivity contribution in [3.05, 3.63) is 35.6 Å². The molecule has 1 aromatic carbocycles. The minimum atomic E-state index is -0.930. The summed E-state index contributed by atoms with van der Waals surface area (Å²) in [6, 6.07) is 3.94. The normalized spacial score (nSPS) is 13.2. The summed E-state index contributed by atoms with van der Waals surface area (Å²) < 4.78 is 12.9. The fourth-order valence-corrected chi connectivity index (χ4v) is 2.11. The molecule has 24 heavy (non-hydrogen) atoms. The van der Waals surface area contributed by atoms with E-state index in [4.69, 9.17) is 5.11 Å². The predicted molar refractivity (Wildman–Crippen MR) is 87.0 cm³/mol. The lowest BCUT2D eigenvalue weighted by Gasteiger charge is -2.24. The number of amides is 2. The Balaban J connectivity index is 2.68. The molecule has 0 fully saturated rings. The van der Waals surface area contributed by atoms with Crippen molar-refractivity contribution in [1.29, 1.82) is 0 Å². The number of carbonyl (C=O) groups excluding carboxylic acids is 2. The third-order valence-corrected chi connectivity index (χ3v) is 3.52. The Hall–Kier alpha value is -2.44. The standard InChI is InChI=1S/C17H23FN2O4/c1-10(2)15(17(24)19-11(3)4-9-14(21)22)20-16(23)12-5-7-13(18)8-6-12/h5-8,10-11,15H,4,9H2,1-3H3,(H,19,24)(H,20,23)(H,21,22). The Bertz CT molecular complexity index is 587. The molecule has 0 saturated carbocycles. The first kappa shape index (κ1) is 19.6. The molecule has 2 amide bonds. The number of carbonyl (C=O) groups is 3. The number of rotatable bonds is 8. The van der Waals surface area contributed by atoms with Gasteiger partial charge in [-0.15, -0.1) is 0 Å². The Labute approximate surface area is 140 Å². The zero-order chi connectivity index (χ0) is 18.3. The lowest BCUT2D eigenvalue weighted by atomic mass is 10.0. The van der Waals surface area contributed by atoms with Crippen LogP contribution in [0.15, 0.2) is 24.3 Å². The molecule has 0 bridgehead atoms. The van der Waals surface area contributed by atoms with Gasteiger partial charge in [0.1, 0.15) is 11.9 Å². The number of aliphatic carboxylic acids is 1. The summed E-state index contributed by atoms with van der Waals surface area (Å²) >= 11 is 0. The number of nitrogens with one attached hydrogen (secondary N) is 2. The smallest absolute Gasteiger partial charge is 0.303 e. The van der Waals surface area contributed by atoms with Crippen LogP contribution in [0.3, 0.4) is 0 Å². The molecule has 3 N–H and O–H groups in total. The van der Waals surface area contributed by atoms with E-state index >= 15 is 0 Å². The van der Waals surface area contributed by atoms with Gasteiger partial charge in [-0.1, -0.05) is 13.8 Å². The molecule has 0 spiro atoms. The van der Waals surface area contributed by atoms with Crippen LogP contribution >= 0.6 is 0 Å². The highest BCUT2D eigenvalue weighted by atomic mass is 19.1. The van der Waals surface area contributed by atoms with E-state index in [1.54, 1.807) is 20.8 Å². The minimum Gasteiger partial charge on any atom is -0.481 e. The number of carboxylic acid groups (broad SMARTS) is 1. The van der Waals surface area contributed by atoms with Crippen molar-refractivity contribution in [3.8, 4) is 0 Å². The number of halogens is 1. The van der Waals surface area contributed by atoms with Crippen LogP contribution in [-0.2, 0) is 9.59 Å². The maximum absolute atomic E-state index is 12.9. The van der Waals surface area contributed by atoms with Crippen molar-refractivity contribution < 1.29 is 23.9 Å². The van der Waals surface area contributed by atoms with E-state index in [9.17, 15) is 18.8 Å². The van der Waals surface area contributed by atoms with Crippen molar-refractivity contribution in [2.24, 2.45) is 5.92 Å². The summed E-state index contributed by atoms with van der Waals surface area (Å²) in [6.07, 6.45) is 0.257. The molecular weight excluding hydrogens is 315 g/mol. The third kappa shape index (κ3) is 6.36. The van der Waals surface area contributed by atoms with Crippen molar-refractivity contribution in [3.63, 3.8) is 0 Å². The second kappa shape index (κ2) is 9.00. The first-order valence-electron chi connectivity index (χ1n) is 7.79. The quantitative estimate of drug-likeness (QED) is 0.675. The molecular formula is C17H23FN2O4. The Morgan fingerprint density at radius 3 is 2.17 bits per heavy atom. The van der Waals surface area contributed by atoms with Crippen LogP contribution in [0.4, 0.5) is 4.39 Å². The summed E-state index contributed by atoms with van der Waals surface area (Å²) in [7, 11) is 0. The van der Waals surface area contributed by atoms with E-state index in [-0.39, 0.29) is 29.9 Å². The SMILES string of the molecule is CC(CCC(=O)O)NC(=O)C(NC(=O)c1ccc(F)cc1)C(C)C. The van der Waals surface area contributed by atoms with E-state index in [2.05, 4.69) is 10.6 Å². The van der Waals surface area contributed by atoms with Gasteiger partial charge in [0.25, 0.3) is 5.91 Å². The average Bonchev–Trinajstić information content (AvgIpc) is 2.50. The maximum atomic E-state index is 12.9. The van der Waals surface area contributed by atoms with E-state index in [0.29, 0.717) is 6.42 Å². The van der Waals surface area contributed by atoms with E-state index < -0.39 is 23.7 Å². The Morgan fingerprint density at radius 1 is 1.08 bits per heavy atom. The van der Waals surface area contributed by atoms with Crippen LogP contribution in [0.2, 0.25) is 0 Å². The largest absolute Gasteiger partial charge is 0.481 e. The Kier molecular flexibility index (Phi) is 7.35. The maximum Gasteiger partial charge on any atom is 0.303 e. The zero-order valence-electron chi connectivity index (χ0n) is 14.0. The predicted octanol–water partition coefficient (Wildman–Crippen LogP) is 1.95. The Morgan fingerprint density at radius 2 is 1.67 bits per heavy atom. The summed E-state index contributed by atoms with van der Waals surface area (Å²) in [6.45, 7) is 5.29. The molecule has 6 nitrogen and oxygen atoms in total. The second-order valence-electron chi connectivity index (χ2n) is 6.04. The fourth-order valence-electron chi connectivity index (χ4n) is 2.11. The first-order valence-corrected chi connectivity index (χ1v) is 7.79. The van der Waals surface area contributed by atoms with E-state index in [1.807, 2.05) is 0 Å². The van der Waals surface area contributed by atoms with Crippen LogP contribution < -0.4 is 10.6 Å². The molecule has 0 aliphatic carbocycles. The minimum absolute atomic E-state index is 0.0459. The number of carboxylic acids is 1. The number of hydrogen-bond donors (Lipinski definition) is 3. The fraction of sp³-hybridized carbons (Fsp3) is 0.471. The molecule has 0 heterocycles.